The average Bonchev–Trinajstić information content (AvgIpc) is 3.64. The van der Waals surface area contributed by atoms with Gasteiger partial charge in [0.05, 0.1) is 19.0 Å². The number of anilines is 1. The first-order valence-corrected chi connectivity index (χ1v) is 11.2. The number of carbonyl (C=O) groups excluding carboxylic acids is 1. The van der Waals surface area contributed by atoms with E-state index in [4.69, 9.17) is 4.74 Å². The number of ketones is 1. The number of Topliss-reactive ketones (excluding diaryl/α,β-unsaturated/α-hetero) is 1. The normalized spacial score (nSPS) is 20.0. The molecule has 0 atom stereocenters. The van der Waals surface area contributed by atoms with Crippen molar-refractivity contribution in [3.05, 3.63) is 23.0 Å². The summed E-state index contributed by atoms with van der Waals surface area (Å²) in [6.07, 6.45) is 4.79. The van der Waals surface area contributed by atoms with Crippen molar-refractivity contribution >= 4 is 23.5 Å². The number of aryl methyl sites for hydroxylation is 1. The SMILES string of the molecule is Cc1cc(C(=O)CSc2nnc(N3CCOCC3)n2C2CC2)c(C)n1C1CC1. The molecular formula is C20H27N5O2S. The van der Waals surface area contributed by atoms with E-state index in [1.807, 2.05) is 0 Å². The Morgan fingerprint density at radius 2 is 1.79 bits per heavy atom. The number of carbonyl (C=O) groups is 1. The van der Waals surface area contributed by atoms with Crippen molar-refractivity contribution in [2.45, 2.75) is 56.8 Å². The van der Waals surface area contributed by atoms with Gasteiger partial charge in [-0.15, -0.1) is 10.2 Å². The van der Waals surface area contributed by atoms with E-state index >= 15 is 0 Å². The summed E-state index contributed by atoms with van der Waals surface area (Å²) in [5.74, 6) is 1.53. The number of ether oxygens (including phenoxy) is 1. The fraction of sp³-hybridized carbons (Fsp3) is 0.650. The number of aromatic nitrogens is 4. The van der Waals surface area contributed by atoms with E-state index in [1.165, 1.54) is 43.1 Å². The lowest BCUT2D eigenvalue weighted by Crippen LogP contribution is -2.38. The molecule has 5 rings (SSSR count). The number of hydrogen-bond acceptors (Lipinski definition) is 6. The largest absolute Gasteiger partial charge is 0.378 e. The van der Waals surface area contributed by atoms with Crippen LogP contribution < -0.4 is 4.90 Å². The van der Waals surface area contributed by atoms with Crippen molar-refractivity contribution in [2.75, 3.05) is 37.0 Å². The van der Waals surface area contributed by atoms with Gasteiger partial charge in [-0.05, 0) is 45.6 Å². The van der Waals surface area contributed by atoms with Crippen LogP contribution in [0.5, 0.6) is 0 Å². The summed E-state index contributed by atoms with van der Waals surface area (Å²) in [5.41, 5.74) is 3.18. The number of hydrogen-bond donors (Lipinski definition) is 0. The molecule has 2 saturated carbocycles. The fourth-order valence-electron chi connectivity index (χ4n) is 4.16. The molecule has 2 aromatic rings. The van der Waals surface area contributed by atoms with Crippen molar-refractivity contribution in [3.8, 4) is 0 Å². The number of thioether (sulfide) groups is 1. The highest BCUT2D eigenvalue weighted by Gasteiger charge is 2.33. The molecule has 8 heteroatoms. The molecule has 2 aromatic heterocycles. The molecule has 0 unspecified atom stereocenters. The second kappa shape index (κ2) is 7.22. The number of rotatable bonds is 7. The lowest BCUT2D eigenvalue weighted by molar-refractivity contribution is 0.102. The molecule has 0 amide bonds. The molecule has 0 radical (unpaired) electrons. The van der Waals surface area contributed by atoms with Crippen molar-refractivity contribution in [1.29, 1.82) is 0 Å². The Labute approximate surface area is 169 Å². The molecule has 0 bridgehead atoms. The Hall–Kier alpha value is -1.80. The van der Waals surface area contributed by atoms with Gasteiger partial charge in [0.25, 0.3) is 0 Å². The molecule has 0 N–H and O–H groups in total. The van der Waals surface area contributed by atoms with Crippen molar-refractivity contribution in [2.24, 2.45) is 0 Å². The van der Waals surface area contributed by atoms with E-state index in [2.05, 4.69) is 44.1 Å². The maximum atomic E-state index is 12.9. The van der Waals surface area contributed by atoms with Crippen LogP contribution in [0.2, 0.25) is 0 Å². The van der Waals surface area contributed by atoms with Crippen molar-refractivity contribution in [1.82, 2.24) is 19.3 Å². The van der Waals surface area contributed by atoms with Crippen LogP contribution >= 0.6 is 11.8 Å². The quantitative estimate of drug-likeness (QED) is 0.524. The molecule has 1 aliphatic heterocycles. The first kappa shape index (κ1) is 18.2. The van der Waals surface area contributed by atoms with E-state index < -0.39 is 0 Å². The van der Waals surface area contributed by atoms with Crippen LogP contribution in [-0.4, -0.2) is 57.2 Å². The van der Waals surface area contributed by atoms with Crippen LogP contribution in [0.25, 0.3) is 0 Å². The molecule has 0 aromatic carbocycles. The van der Waals surface area contributed by atoms with Gasteiger partial charge in [0.15, 0.2) is 10.9 Å². The minimum absolute atomic E-state index is 0.184. The minimum atomic E-state index is 0.184. The van der Waals surface area contributed by atoms with Crippen molar-refractivity contribution in [3.63, 3.8) is 0 Å². The number of nitrogens with zero attached hydrogens (tertiary/aromatic N) is 5. The van der Waals surface area contributed by atoms with Gasteiger partial charge in [-0.1, -0.05) is 11.8 Å². The standard InChI is InChI=1S/C20H27N5O2S/c1-13-11-17(14(2)24(13)15-3-4-15)18(26)12-28-20-22-21-19(25(20)16-5-6-16)23-7-9-27-10-8-23/h11,15-16H,3-10,12H2,1-2H3. The molecule has 3 aliphatic rings. The molecular weight excluding hydrogens is 374 g/mol. The molecule has 3 heterocycles. The van der Waals surface area contributed by atoms with E-state index in [1.54, 1.807) is 0 Å². The van der Waals surface area contributed by atoms with E-state index in [-0.39, 0.29) is 5.78 Å². The highest BCUT2D eigenvalue weighted by molar-refractivity contribution is 7.99. The molecule has 28 heavy (non-hydrogen) atoms. The lowest BCUT2D eigenvalue weighted by atomic mass is 10.2. The zero-order valence-corrected chi connectivity index (χ0v) is 17.4. The molecule has 0 spiro atoms. The van der Waals surface area contributed by atoms with Crippen LogP contribution in [-0.2, 0) is 4.74 Å². The van der Waals surface area contributed by atoms with Crippen LogP contribution in [0.1, 0.15) is 59.5 Å². The smallest absolute Gasteiger partial charge is 0.228 e. The monoisotopic (exact) mass is 401 g/mol. The second-order valence-electron chi connectivity index (χ2n) is 8.08. The molecule has 7 nitrogen and oxygen atoms in total. The summed E-state index contributed by atoms with van der Waals surface area (Å²) < 4.78 is 10.0. The third-order valence-corrected chi connectivity index (χ3v) is 6.82. The summed E-state index contributed by atoms with van der Waals surface area (Å²) in [6, 6.07) is 3.13. The van der Waals surface area contributed by atoms with Gasteiger partial charge in [-0.2, -0.15) is 0 Å². The fourth-order valence-corrected chi connectivity index (χ4v) is 5.04. The van der Waals surface area contributed by atoms with Gasteiger partial charge in [-0.3, -0.25) is 9.36 Å². The van der Waals surface area contributed by atoms with E-state index in [0.29, 0.717) is 17.8 Å². The molecule has 150 valence electrons. The van der Waals surface area contributed by atoms with Crippen LogP contribution in [0.4, 0.5) is 5.95 Å². The van der Waals surface area contributed by atoms with Gasteiger partial charge in [0.2, 0.25) is 5.95 Å². The Kier molecular flexibility index (Phi) is 4.71. The van der Waals surface area contributed by atoms with Gasteiger partial charge in [0, 0.05) is 42.1 Å². The first-order chi connectivity index (χ1) is 13.6. The summed E-state index contributed by atoms with van der Waals surface area (Å²) in [5, 5.41) is 9.77. The second-order valence-corrected chi connectivity index (χ2v) is 9.02. The average molecular weight is 402 g/mol. The van der Waals surface area contributed by atoms with Crippen LogP contribution in [0, 0.1) is 13.8 Å². The van der Waals surface area contributed by atoms with Gasteiger partial charge >= 0.3 is 0 Å². The molecule has 2 aliphatic carbocycles. The maximum Gasteiger partial charge on any atom is 0.228 e. The Morgan fingerprint density at radius 1 is 1.11 bits per heavy atom. The maximum absolute atomic E-state index is 12.9. The van der Waals surface area contributed by atoms with Gasteiger partial charge in [0.1, 0.15) is 0 Å². The Morgan fingerprint density at radius 3 is 2.46 bits per heavy atom. The van der Waals surface area contributed by atoms with E-state index in [0.717, 1.165) is 48.7 Å². The zero-order chi connectivity index (χ0) is 19.3. The zero-order valence-electron chi connectivity index (χ0n) is 16.6. The third kappa shape index (κ3) is 3.37. The van der Waals surface area contributed by atoms with Crippen LogP contribution in [0.3, 0.4) is 0 Å². The highest BCUT2D eigenvalue weighted by Crippen LogP contribution is 2.41. The number of morpholine rings is 1. The first-order valence-electron chi connectivity index (χ1n) is 10.3. The molecule has 1 saturated heterocycles. The van der Waals surface area contributed by atoms with Gasteiger partial charge in [-0.25, -0.2) is 0 Å². The summed E-state index contributed by atoms with van der Waals surface area (Å²) in [4.78, 5) is 15.2. The Bertz CT molecular complexity index is 891. The lowest BCUT2D eigenvalue weighted by Gasteiger charge is -2.27. The summed E-state index contributed by atoms with van der Waals surface area (Å²) >= 11 is 1.52. The molecule has 3 fully saturated rings. The van der Waals surface area contributed by atoms with Gasteiger partial charge < -0.3 is 14.2 Å². The highest BCUT2D eigenvalue weighted by atomic mass is 32.2. The summed E-state index contributed by atoms with van der Waals surface area (Å²) in [7, 11) is 0. The minimum Gasteiger partial charge on any atom is -0.378 e. The van der Waals surface area contributed by atoms with E-state index in [9.17, 15) is 4.79 Å². The third-order valence-electron chi connectivity index (χ3n) is 5.88. The van der Waals surface area contributed by atoms with Crippen molar-refractivity contribution < 1.29 is 9.53 Å². The van der Waals surface area contributed by atoms with Crippen LogP contribution in [0.15, 0.2) is 11.2 Å². The summed E-state index contributed by atoms with van der Waals surface area (Å²) in [6.45, 7) is 7.34. The predicted molar refractivity (Wildman–Crippen MR) is 109 cm³/mol. The predicted octanol–water partition coefficient (Wildman–Crippen LogP) is 3.18. The Balaban J connectivity index is 1.32. The topological polar surface area (TPSA) is 65.2 Å².